The van der Waals surface area contributed by atoms with E-state index in [1.165, 1.54) is 4.90 Å². The van der Waals surface area contributed by atoms with E-state index in [-0.39, 0.29) is 11.9 Å². The lowest BCUT2D eigenvalue weighted by molar-refractivity contribution is -0.133. The van der Waals surface area contributed by atoms with Crippen LogP contribution in [0.25, 0.3) is 0 Å². The highest BCUT2D eigenvalue weighted by atomic mass is 32.2. The van der Waals surface area contributed by atoms with E-state index in [1.807, 2.05) is 55.6 Å². The lowest BCUT2D eigenvalue weighted by atomic mass is 10.1. The van der Waals surface area contributed by atoms with Gasteiger partial charge in [-0.05, 0) is 43.4 Å². The van der Waals surface area contributed by atoms with E-state index in [2.05, 4.69) is 17.4 Å². The van der Waals surface area contributed by atoms with Gasteiger partial charge in [0, 0.05) is 4.90 Å². The Labute approximate surface area is 142 Å². The van der Waals surface area contributed by atoms with Crippen molar-refractivity contribution in [1.29, 1.82) is 0 Å². The molecular formula is C19H23NO2S. The highest BCUT2D eigenvalue weighted by Crippen LogP contribution is 2.19. The van der Waals surface area contributed by atoms with E-state index >= 15 is 0 Å². The number of rotatable bonds is 7. The number of hydrogen-bond acceptors (Lipinski definition) is 3. The highest BCUT2D eigenvalue weighted by Gasteiger charge is 2.16. The number of benzene rings is 2. The normalized spacial score (nSPS) is 13.3. The molecule has 0 spiro atoms. The fourth-order valence-electron chi connectivity index (χ4n) is 2.18. The van der Waals surface area contributed by atoms with Gasteiger partial charge in [0.05, 0.1) is 12.6 Å². The number of carbonyl (C=O) groups excluding carboxylic acids is 1. The van der Waals surface area contributed by atoms with E-state index in [4.69, 9.17) is 4.74 Å². The molecule has 1 N–H and O–H groups in total. The molecule has 0 radical (unpaired) electrons. The SMILES string of the molecule is CSc1ccc(C(C)NC(=O)C(C)OCc2ccccc2)cc1. The molecule has 2 atom stereocenters. The van der Waals surface area contributed by atoms with Crippen LogP contribution in [0.2, 0.25) is 0 Å². The molecule has 0 fully saturated rings. The molecule has 0 aliphatic carbocycles. The minimum Gasteiger partial charge on any atom is -0.364 e. The molecule has 2 unspecified atom stereocenters. The molecule has 2 aromatic rings. The first kappa shape index (κ1) is 17.6. The van der Waals surface area contributed by atoms with Crippen LogP contribution < -0.4 is 5.32 Å². The molecule has 0 aromatic heterocycles. The zero-order chi connectivity index (χ0) is 16.7. The molecule has 3 nitrogen and oxygen atoms in total. The predicted molar refractivity (Wildman–Crippen MR) is 95.5 cm³/mol. The van der Waals surface area contributed by atoms with Crippen LogP contribution >= 0.6 is 11.8 Å². The standard InChI is InChI=1S/C19H23NO2S/c1-14(17-9-11-18(23-3)12-10-17)20-19(21)15(2)22-13-16-7-5-4-6-8-16/h4-12,14-15H,13H2,1-3H3,(H,20,21). The average Bonchev–Trinajstić information content (AvgIpc) is 2.60. The highest BCUT2D eigenvalue weighted by molar-refractivity contribution is 7.98. The van der Waals surface area contributed by atoms with Gasteiger partial charge < -0.3 is 10.1 Å². The monoisotopic (exact) mass is 329 g/mol. The van der Waals surface area contributed by atoms with Crippen molar-refractivity contribution in [3.05, 3.63) is 65.7 Å². The summed E-state index contributed by atoms with van der Waals surface area (Å²) in [5, 5.41) is 3.00. The van der Waals surface area contributed by atoms with Gasteiger partial charge in [-0.1, -0.05) is 42.5 Å². The fraction of sp³-hybridized carbons (Fsp3) is 0.316. The van der Waals surface area contributed by atoms with E-state index in [0.29, 0.717) is 6.61 Å². The molecule has 0 saturated carbocycles. The summed E-state index contributed by atoms with van der Waals surface area (Å²) in [5.74, 6) is -0.0950. The second-order valence-corrected chi connectivity index (χ2v) is 6.32. The molecule has 122 valence electrons. The van der Waals surface area contributed by atoms with Gasteiger partial charge in [0.1, 0.15) is 6.10 Å². The quantitative estimate of drug-likeness (QED) is 0.774. The van der Waals surface area contributed by atoms with Crippen LogP contribution in [0, 0.1) is 0 Å². The van der Waals surface area contributed by atoms with Crippen LogP contribution in [-0.2, 0) is 16.1 Å². The van der Waals surface area contributed by atoms with Crippen LogP contribution in [0.5, 0.6) is 0 Å². The summed E-state index contributed by atoms with van der Waals surface area (Å²) in [6.07, 6.45) is 1.56. The van der Waals surface area contributed by atoms with E-state index in [0.717, 1.165) is 11.1 Å². The molecule has 1 amide bonds. The lowest BCUT2D eigenvalue weighted by Gasteiger charge is -2.18. The van der Waals surface area contributed by atoms with Gasteiger partial charge in [-0.2, -0.15) is 0 Å². The molecule has 0 aliphatic rings. The number of nitrogens with one attached hydrogen (secondary N) is 1. The van der Waals surface area contributed by atoms with Crippen LogP contribution in [0.4, 0.5) is 0 Å². The van der Waals surface area contributed by atoms with Crippen molar-refractivity contribution >= 4 is 17.7 Å². The first-order valence-corrected chi connectivity index (χ1v) is 8.92. The molecular weight excluding hydrogens is 306 g/mol. The van der Waals surface area contributed by atoms with Crippen LogP contribution in [0.1, 0.15) is 31.0 Å². The third-order valence-electron chi connectivity index (χ3n) is 3.69. The Morgan fingerprint density at radius 2 is 1.74 bits per heavy atom. The molecule has 2 aromatic carbocycles. The summed E-state index contributed by atoms with van der Waals surface area (Å²) in [4.78, 5) is 13.4. The van der Waals surface area contributed by atoms with Gasteiger partial charge >= 0.3 is 0 Å². The number of carbonyl (C=O) groups is 1. The van der Waals surface area contributed by atoms with E-state index in [9.17, 15) is 4.79 Å². The second-order valence-electron chi connectivity index (χ2n) is 5.44. The zero-order valence-corrected chi connectivity index (χ0v) is 14.6. The van der Waals surface area contributed by atoms with Gasteiger partial charge in [-0.25, -0.2) is 0 Å². The summed E-state index contributed by atoms with van der Waals surface area (Å²) < 4.78 is 5.65. The summed E-state index contributed by atoms with van der Waals surface area (Å²) in [5.41, 5.74) is 2.15. The molecule has 4 heteroatoms. The van der Waals surface area contributed by atoms with Gasteiger partial charge in [-0.15, -0.1) is 11.8 Å². The van der Waals surface area contributed by atoms with Crippen molar-refractivity contribution in [2.24, 2.45) is 0 Å². The summed E-state index contributed by atoms with van der Waals surface area (Å²) in [6, 6.07) is 18.0. The Morgan fingerprint density at radius 3 is 2.35 bits per heavy atom. The third kappa shape index (κ3) is 5.41. The number of ether oxygens (including phenoxy) is 1. The van der Waals surface area contributed by atoms with Gasteiger partial charge in [0.25, 0.3) is 0 Å². The maximum atomic E-state index is 12.2. The minimum atomic E-state index is -0.483. The van der Waals surface area contributed by atoms with Crippen molar-refractivity contribution < 1.29 is 9.53 Å². The number of thioether (sulfide) groups is 1. The summed E-state index contributed by atoms with van der Waals surface area (Å²) in [6.45, 7) is 4.20. The van der Waals surface area contributed by atoms with Gasteiger partial charge in [-0.3, -0.25) is 4.79 Å². The van der Waals surface area contributed by atoms with Crippen molar-refractivity contribution in [1.82, 2.24) is 5.32 Å². The Hall–Kier alpha value is -1.78. The summed E-state index contributed by atoms with van der Waals surface area (Å²) >= 11 is 1.71. The smallest absolute Gasteiger partial charge is 0.249 e. The van der Waals surface area contributed by atoms with Crippen LogP contribution in [0.3, 0.4) is 0 Å². The molecule has 0 bridgehead atoms. The lowest BCUT2D eigenvalue weighted by Crippen LogP contribution is -2.36. The first-order valence-electron chi connectivity index (χ1n) is 7.70. The van der Waals surface area contributed by atoms with E-state index in [1.54, 1.807) is 18.7 Å². The Bertz CT molecular complexity index is 613. The molecule has 2 rings (SSSR count). The maximum absolute atomic E-state index is 12.2. The largest absolute Gasteiger partial charge is 0.364 e. The third-order valence-corrected chi connectivity index (χ3v) is 4.43. The molecule has 0 heterocycles. The summed E-state index contributed by atoms with van der Waals surface area (Å²) in [7, 11) is 0. The van der Waals surface area contributed by atoms with Crippen molar-refractivity contribution in [2.45, 2.75) is 37.5 Å². The molecule has 23 heavy (non-hydrogen) atoms. The van der Waals surface area contributed by atoms with Gasteiger partial charge in [0.15, 0.2) is 0 Å². The second kappa shape index (κ2) is 8.75. The zero-order valence-electron chi connectivity index (χ0n) is 13.8. The van der Waals surface area contributed by atoms with Crippen molar-refractivity contribution in [2.75, 3.05) is 6.26 Å². The Morgan fingerprint density at radius 1 is 1.09 bits per heavy atom. The fourth-order valence-corrected chi connectivity index (χ4v) is 2.59. The first-order chi connectivity index (χ1) is 11.1. The Balaban J connectivity index is 1.84. The van der Waals surface area contributed by atoms with Crippen LogP contribution in [-0.4, -0.2) is 18.3 Å². The van der Waals surface area contributed by atoms with Crippen LogP contribution in [0.15, 0.2) is 59.5 Å². The topological polar surface area (TPSA) is 38.3 Å². The minimum absolute atomic E-state index is 0.0406. The Kier molecular flexibility index (Phi) is 6.68. The van der Waals surface area contributed by atoms with Gasteiger partial charge in [0.2, 0.25) is 5.91 Å². The predicted octanol–water partition coefficient (Wildman–Crippen LogP) is 4.19. The number of hydrogen-bond donors (Lipinski definition) is 1. The maximum Gasteiger partial charge on any atom is 0.249 e. The average molecular weight is 329 g/mol. The molecule has 0 saturated heterocycles. The number of amides is 1. The van der Waals surface area contributed by atoms with Crippen molar-refractivity contribution in [3.8, 4) is 0 Å². The molecule has 0 aliphatic heterocycles. The van der Waals surface area contributed by atoms with Crippen molar-refractivity contribution in [3.63, 3.8) is 0 Å². The van der Waals surface area contributed by atoms with E-state index < -0.39 is 6.10 Å².